The number of aromatic carboxylic acids is 1. The topological polar surface area (TPSA) is 92.7 Å². The maximum absolute atomic E-state index is 11.9. The van der Waals surface area contributed by atoms with Crippen LogP contribution in [0.25, 0.3) is 0 Å². The van der Waals surface area contributed by atoms with Gasteiger partial charge in [-0.1, -0.05) is 13.8 Å². The molecule has 0 saturated carbocycles. The first-order valence-electron chi connectivity index (χ1n) is 6.22. The third kappa shape index (κ3) is 5.20. The highest BCUT2D eigenvalue weighted by Crippen LogP contribution is 2.21. The maximum Gasteiger partial charge on any atom is 0.347 e. The van der Waals surface area contributed by atoms with E-state index in [0.29, 0.717) is 12.5 Å². The third-order valence-corrected chi connectivity index (χ3v) is 5.03. The molecule has 0 aliphatic rings. The van der Waals surface area contributed by atoms with E-state index in [0.717, 1.165) is 17.8 Å². The number of carbonyl (C=O) groups is 1. The number of carboxylic acids is 1. The molecular formula is C12H19NO5S2. The van der Waals surface area contributed by atoms with Crippen molar-refractivity contribution in [2.45, 2.75) is 25.2 Å². The standard InChI is InChI=1S/C12H19NO5S2/c1-9(2)3-6-18-7-5-13-20(16,17)10-4-8-19-11(10)12(14)15/h4,8-9,13H,3,5-7H2,1-2H3,(H,14,15). The van der Waals surface area contributed by atoms with Gasteiger partial charge in [-0.25, -0.2) is 17.9 Å². The molecule has 114 valence electrons. The van der Waals surface area contributed by atoms with Gasteiger partial charge in [0, 0.05) is 13.2 Å². The zero-order valence-electron chi connectivity index (χ0n) is 11.5. The summed E-state index contributed by atoms with van der Waals surface area (Å²) in [6.45, 7) is 5.12. The summed E-state index contributed by atoms with van der Waals surface area (Å²) in [6.07, 6.45) is 0.917. The Morgan fingerprint density at radius 2 is 2.15 bits per heavy atom. The molecule has 0 radical (unpaired) electrons. The molecule has 0 amide bonds. The Labute approximate surface area is 122 Å². The quantitative estimate of drug-likeness (QED) is 0.676. The number of sulfonamides is 1. The molecule has 0 aromatic carbocycles. The highest BCUT2D eigenvalue weighted by atomic mass is 32.2. The summed E-state index contributed by atoms with van der Waals surface area (Å²) in [4.78, 5) is 10.5. The second-order valence-electron chi connectivity index (χ2n) is 4.61. The lowest BCUT2D eigenvalue weighted by atomic mass is 10.1. The van der Waals surface area contributed by atoms with Crippen LogP contribution in [0.3, 0.4) is 0 Å². The Bertz CT molecular complexity index is 536. The molecular weight excluding hydrogens is 302 g/mol. The van der Waals surface area contributed by atoms with Gasteiger partial charge in [-0.3, -0.25) is 0 Å². The van der Waals surface area contributed by atoms with Gasteiger partial charge in [0.05, 0.1) is 6.61 Å². The summed E-state index contributed by atoms with van der Waals surface area (Å²) in [6, 6.07) is 1.29. The van der Waals surface area contributed by atoms with Crippen LogP contribution in [0.4, 0.5) is 0 Å². The van der Waals surface area contributed by atoms with E-state index in [9.17, 15) is 13.2 Å². The van der Waals surface area contributed by atoms with E-state index < -0.39 is 16.0 Å². The van der Waals surface area contributed by atoms with Crippen molar-refractivity contribution in [3.63, 3.8) is 0 Å². The normalized spacial score (nSPS) is 11.9. The van der Waals surface area contributed by atoms with Gasteiger partial charge in [-0.05, 0) is 23.8 Å². The second-order valence-corrected chi connectivity index (χ2v) is 7.26. The van der Waals surface area contributed by atoms with Gasteiger partial charge in [-0.2, -0.15) is 0 Å². The molecule has 1 aromatic rings. The first kappa shape index (κ1) is 17.1. The van der Waals surface area contributed by atoms with Crippen LogP contribution in [0.15, 0.2) is 16.3 Å². The van der Waals surface area contributed by atoms with Gasteiger partial charge in [0.1, 0.15) is 9.77 Å². The predicted molar refractivity (Wildman–Crippen MR) is 76.7 cm³/mol. The van der Waals surface area contributed by atoms with Crippen LogP contribution in [0.1, 0.15) is 29.9 Å². The Hall–Kier alpha value is -0.960. The van der Waals surface area contributed by atoms with E-state index in [1.54, 1.807) is 0 Å². The van der Waals surface area contributed by atoms with Gasteiger partial charge in [0.15, 0.2) is 0 Å². The monoisotopic (exact) mass is 321 g/mol. The van der Waals surface area contributed by atoms with Crippen LogP contribution >= 0.6 is 11.3 Å². The molecule has 1 rings (SSSR count). The summed E-state index contributed by atoms with van der Waals surface area (Å²) in [5, 5.41) is 10.3. The number of hydrogen-bond donors (Lipinski definition) is 2. The van der Waals surface area contributed by atoms with E-state index in [-0.39, 0.29) is 22.9 Å². The van der Waals surface area contributed by atoms with Crippen LogP contribution in [-0.2, 0) is 14.8 Å². The van der Waals surface area contributed by atoms with E-state index in [4.69, 9.17) is 9.84 Å². The number of hydrogen-bond acceptors (Lipinski definition) is 5. The van der Waals surface area contributed by atoms with Gasteiger partial charge >= 0.3 is 5.97 Å². The van der Waals surface area contributed by atoms with Crippen LogP contribution in [0.2, 0.25) is 0 Å². The largest absolute Gasteiger partial charge is 0.477 e. The van der Waals surface area contributed by atoms with Crippen molar-refractivity contribution in [2.75, 3.05) is 19.8 Å². The van der Waals surface area contributed by atoms with E-state index >= 15 is 0 Å². The van der Waals surface area contributed by atoms with Crippen LogP contribution in [0, 0.1) is 5.92 Å². The molecule has 1 heterocycles. The fourth-order valence-corrected chi connectivity index (χ4v) is 3.68. The molecule has 0 spiro atoms. The molecule has 0 bridgehead atoms. The number of nitrogens with one attached hydrogen (secondary N) is 1. The number of thiophene rings is 1. The first-order valence-corrected chi connectivity index (χ1v) is 8.59. The predicted octanol–water partition coefficient (Wildman–Crippen LogP) is 1.79. The molecule has 0 fully saturated rings. The Balaban J connectivity index is 2.46. The molecule has 0 unspecified atom stereocenters. The van der Waals surface area contributed by atoms with Gasteiger partial charge in [0.25, 0.3) is 0 Å². The molecule has 20 heavy (non-hydrogen) atoms. The van der Waals surface area contributed by atoms with Crippen LogP contribution in [0.5, 0.6) is 0 Å². The number of rotatable bonds is 9. The molecule has 0 saturated heterocycles. The maximum atomic E-state index is 11.9. The first-order chi connectivity index (χ1) is 9.34. The molecule has 0 aliphatic carbocycles. The minimum atomic E-state index is -3.80. The van der Waals surface area contributed by atoms with E-state index in [1.165, 1.54) is 11.4 Å². The highest BCUT2D eigenvalue weighted by Gasteiger charge is 2.23. The van der Waals surface area contributed by atoms with E-state index in [2.05, 4.69) is 18.6 Å². The number of carboxylic acid groups (broad SMARTS) is 1. The minimum absolute atomic E-state index is 0.120. The zero-order chi connectivity index (χ0) is 15.2. The lowest BCUT2D eigenvalue weighted by Crippen LogP contribution is -2.28. The van der Waals surface area contributed by atoms with Crippen molar-refractivity contribution < 1.29 is 23.1 Å². The minimum Gasteiger partial charge on any atom is -0.477 e. The van der Waals surface area contributed by atoms with Crippen LogP contribution in [-0.4, -0.2) is 39.3 Å². The molecule has 0 aliphatic heterocycles. The molecule has 1 aromatic heterocycles. The molecule has 2 N–H and O–H groups in total. The summed E-state index contributed by atoms with van der Waals surface area (Å²) >= 11 is 0.885. The van der Waals surface area contributed by atoms with Crippen molar-refractivity contribution in [2.24, 2.45) is 5.92 Å². The lowest BCUT2D eigenvalue weighted by Gasteiger charge is -2.08. The number of ether oxygens (including phenoxy) is 1. The van der Waals surface area contributed by atoms with Crippen molar-refractivity contribution >= 4 is 27.3 Å². The Morgan fingerprint density at radius 3 is 2.75 bits per heavy atom. The summed E-state index contributed by atoms with van der Waals surface area (Å²) < 4.78 is 31.5. The van der Waals surface area contributed by atoms with Crippen molar-refractivity contribution in [3.05, 3.63) is 16.3 Å². The average molecular weight is 321 g/mol. The molecule has 8 heteroatoms. The lowest BCUT2D eigenvalue weighted by molar-refractivity contribution is 0.0698. The highest BCUT2D eigenvalue weighted by molar-refractivity contribution is 7.89. The summed E-state index contributed by atoms with van der Waals surface area (Å²) in [5.41, 5.74) is 0. The molecule has 6 nitrogen and oxygen atoms in total. The van der Waals surface area contributed by atoms with Crippen molar-refractivity contribution in [1.82, 2.24) is 4.72 Å². The van der Waals surface area contributed by atoms with Gasteiger partial charge in [0.2, 0.25) is 10.0 Å². The van der Waals surface area contributed by atoms with E-state index in [1.807, 2.05) is 0 Å². The smallest absolute Gasteiger partial charge is 0.347 e. The van der Waals surface area contributed by atoms with Gasteiger partial charge in [-0.15, -0.1) is 11.3 Å². The third-order valence-electron chi connectivity index (χ3n) is 2.49. The molecule has 0 atom stereocenters. The summed E-state index contributed by atoms with van der Waals surface area (Å²) in [7, 11) is -3.80. The fraction of sp³-hybridized carbons (Fsp3) is 0.583. The average Bonchev–Trinajstić information content (AvgIpc) is 2.83. The van der Waals surface area contributed by atoms with Crippen molar-refractivity contribution in [3.8, 4) is 0 Å². The zero-order valence-corrected chi connectivity index (χ0v) is 13.1. The summed E-state index contributed by atoms with van der Waals surface area (Å²) in [5.74, 6) is -0.704. The Morgan fingerprint density at radius 1 is 1.45 bits per heavy atom. The van der Waals surface area contributed by atoms with Crippen molar-refractivity contribution in [1.29, 1.82) is 0 Å². The Kier molecular flexibility index (Phi) is 6.60. The van der Waals surface area contributed by atoms with Gasteiger partial charge < -0.3 is 9.84 Å². The SMILES string of the molecule is CC(C)CCOCCNS(=O)(=O)c1ccsc1C(=O)O. The van der Waals surface area contributed by atoms with Crippen LogP contribution < -0.4 is 4.72 Å². The second kappa shape index (κ2) is 7.72. The fourth-order valence-electron chi connectivity index (χ4n) is 1.41.